The van der Waals surface area contributed by atoms with Crippen LogP contribution in [0.2, 0.25) is 0 Å². The summed E-state index contributed by atoms with van der Waals surface area (Å²) < 4.78 is 30.1. The number of fused-ring (bicyclic) bond motifs is 1. The fourth-order valence-corrected chi connectivity index (χ4v) is 5.49. The number of morpholine rings is 1. The fourth-order valence-electron chi connectivity index (χ4n) is 5.49. The van der Waals surface area contributed by atoms with Crippen LogP contribution in [0.15, 0.2) is 16.9 Å². The third-order valence-electron chi connectivity index (χ3n) is 8.43. The molecule has 0 saturated carbocycles. The van der Waals surface area contributed by atoms with Crippen molar-refractivity contribution in [1.29, 1.82) is 0 Å². The number of nitrogens with zero attached hydrogens (tertiary/aromatic N) is 5. The summed E-state index contributed by atoms with van der Waals surface area (Å²) in [5.74, 6) is -0.491. The van der Waals surface area contributed by atoms with E-state index in [9.17, 15) is 9.59 Å². The van der Waals surface area contributed by atoms with Gasteiger partial charge in [0.05, 0.1) is 43.0 Å². The summed E-state index contributed by atoms with van der Waals surface area (Å²) in [5, 5.41) is 0. The molecule has 2 saturated heterocycles. The maximum absolute atomic E-state index is 14.1. The number of benzene rings is 1. The zero-order chi connectivity index (χ0) is 30.2. The Morgan fingerprint density at radius 3 is 2.14 bits per heavy atom. The number of hydrogen-bond donors (Lipinski definition) is 0. The van der Waals surface area contributed by atoms with Gasteiger partial charge in [-0.15, -0.1) is 0 Å². The van der Waals surface area contributed by atoms with E-state index in [1.54, 1.807) is 23.7 Å². The molecule has 2 aliphatic rings. The second kappa shape index (κ2) is 15.3. The summed E-state index contributed by atoms with van der Waals surface area (Å²) >= 11 is 0. The summed E-state index contributed by atoms with van der Waals surface area (Å²) in [6, 6.07) is 3.91. The van der Waals surface area contributed by atoms with E-state index >= 15 is 0 Å². The van der Waals surface area contributed by atoms with Crippen molar-refractivity contribution in [3.8, 4) is 0 Å². The molecule has 0 spiro atoms. The number of aromatic nitrogens is 2. The lowest BCUT2D eigenvalue weighted by molar-refractivity contribution is -0.149. The first-order chi connectivity index (χ1) is 20.2. The van der Waals surface area contributed by atoms with Gasteiger partial charge in [0.25, 0.3) is 11.5 Å². The van der Waals surface area contributed by atoms with Crippen LogP contribution in [0, 0.1) is 19.8 Å². The van der Waals surface area contributed by atoms with Crippen LogP contribution in [0.1, 0.15) is 28.5 Å². The number of methoxy groups -OCH3 is 2. The molecule has 2 fully saturated rings. The molecule has 4 rings (SSSR count). The Bertz CT molecular complexity index is 1240. The molecule has 0 N–H and O–H groups in total. The van der Waals surface area contributed by atoms with Crippen molar-refractivity contribution in [2.24, 2.45) is 5.92 Å². The molecule has 3 heterocycles. The maximum atomic E-state index is 14.1. The predicted octanol–water partition coefficient (Wildman–Crippen LogP) is 1.35. The predicted molar refractivity (Wildman–Crippen MR) is 159 cm³/mol. The van der Waals surface area contributed by atoms with Gasteiger partial charge >= 0.3 is 0 Å². The number of rotatable bonds is 13. The zero-order valence-electron chi connectivity index (χ0n) is 26.0. The Labute approximate surface area is 248 Å². The highest BCUT2D eigenvalue weighted by molar-refractivity contribution is 5.94. The van der Waals surface area contributed by atoms with Gasteiger partial charge in [0.1, 0.15) is 13.6 Å². The van der Waals surface area contributed by atoms with Gasteiger partial charge in [0.15, 0.2) is 5.69 Å². The molecule has 0 unspecified atom stereocenters. The quantitative estimate of drug-likeness (QED) is 0.318. The van der Waals surface area contributed by atoms with Crippen LogP contribution in [0.25, 0.3) is 11.0 Å². The summed E-state index contributed by atoms with van der Waals surface area (Å²) in [6.07, 6.45) is -0.714. The molecule has 0 radical (unpaired) electrons. The van der Waals surface area contributed by atoms with E-state index in [0.717, 1.165) is 37.3 Å². The average molecular weight is 590 g/mol. The smallest absolute Gasteiger partial charge is 0.282 e. The number of aryl methyl sites for hydroxylation is 2. The van der Waals surface area contributed by atoms with Crippen molar-refractivity contribution in [1.82, 2.24) is 24.3 Å². The van der Waals surface area contributed by atoms with Crippen LogP contribution in [-0.2, 0) is 30.2 Å². The second-order valence-electron chi connectivity index (χ2n) is 11.4. The molecule has 1 aromatic heterocycles. The zero-order valence-corrected chi connectivity index (χ0v) is 26.0. The first kappa shape index (κ1) is 32.5. The van der Waals surface area contributed by atoms with Crippen molar-refractivity contribution < 1.29 is 28.5 Å². The van der Waals surface area contributed by atoms with E-state index in [-0.39, 0.29) is 43.8 Å². The number of amides is 1. The molecule has 1 amide bonds. The molecule has 12 nitrogen and oxygen atoms in total. The fraction of sp³-hybridized carbons (Fsp3) is 0.700. The van der Waals surface area contributed by atoms with Crippen LogP contribution in [0.3, 0.4) is 0 Å². The van der Waals surface area contributed by atoms with Gasteiger partial charge in [0, 0.05) is 66.0 Å². The third kappa shape index (κ3) is 7.93. The molecule has 12 heteroatoms. The number of carbonyl (C=O) groups is 1. The van der Waals surface area contributed by atoms with E-state index in [1.165, 1.54) is 0 Å². The molecule has 0 aliphatic carbocycles. The van der Waals surface area contributed by atoms with Gasteiger partial charge in [-0.3, -0.25) is 14.5 Å². The maximum Gasteiger partial charge on any atom is 0.282 e. The van der Waals surface area contributed by atoms with Crippen LogP contribution < -0.4 is 5.56 Å². The number of ether oxygens (including phenoxy) is 5. The van der Waals surface area contributed by atoms with Crippen molar-refractivity contribution in [3.05, 3.63) is 39.3 Å². The molecule has 1 aromatic carbocycles. The first-order valence-electron chi connectivity index (χ1n) is 14.7. The molecule has 42 heavy (non-hydrogen) atoms. The van der Waals surface area contributed by atoms with E-state index < -0.39 is 11.7 Å². The molecule has 2 aromatic rings. The Kier molecular flexibility index (Phi) is 11.8. The number of hydrogen-bond acceptors (Lipinski definition) is 10. The minimum atomic E-state index is -0.468. The van der Waals surface area contributed by atoms with E-state index in [2.05, 4.69) is 21.7 Å². The molecule has 0 bridgehead atoms. The lowest BCUT2D eigenvalue weighted by Crippen LogP contribution is -2.49. The highest BCUT2D eigenvalue weighted by atomic mass is 16.7. The largest absolute Gasteiger partial charge is 0.379 e. The molecule has 234 valence electrons. The Morgan fingerprint density at radius 1 is 0.929 bits per heavy atom. The van der Waals surface area contributed by atoms with Crippen molar-refractivity contribution >= 4 is 16.9 Å². The van der Waals surface area contributed by atoms with Gasteiger partial charge in [-0.2, -0.15) is 0 Å². The number of carbonyl (C=O) groups excluding carboxylic acids is 1. The van der Waals surface area contributed by atoms with Gasteiger partial charge in [-0.05, 0) is 44.2 Å². The third-order valence-corrected chi connectivity index (χ3v) is 8.43. The van der Waals surface area contributed by atoms with Gasteiger partial charge in [0.2, 0.25) is 0 Å². The molecule has 2 aliphatic heterocycles. The second-order valence-corrected chi connectivity index (χ2v) is 11.4. The van der Waals surface area contributed by atoms with Crippen LogP contribution >= 0.6 is 0 Å². The van der Waals surface area contributed by atoms with Gasteiger partial charge < -0.3 is 38.1 Å². The van der Waals surface area contributed by atoms with E-state index in [0.29, 0.717) is 43.9 Å². The summed E-state index contributed by atoms with van der Waals surface area (Å²) in [5.41, 5.74) is 2.86. The summed E-state index contributed by atoms with van der Waals surface area (Å²) in [7, 11) is 5.20. The first-order valence-corrected chi connectivity index (χ1v) is 14.7. The number of piperazine rings is 1. The lowest BCUT2D eigenvalue weighted by atomic mass is 9.96. The van der Waals surface area contributed by atoms with Crippen molar-refractivity contribution in [3.63, 3.8) is 0 Å². The summed E-state index contributed by atoms with van der Waals surface area (Å²) in [4.78, 5) is 38.6. The van der Waals surface area contributed by atoms with Crippen LogP contribution in [0.5, 0.6) is 0 Å². The minimum Gasteiger partial charge on any atom is -0.379 e. The topological polar surface area (TPSA) is 108 Å². The average Bonchev–Trinajstić information content (AvgIpc) is 2.99. The standard InChI is InChI=1S/C30H47N5O7/c1-21-15-24-25(16-22(21)2)35(30(37)28(31-24)29(36)34-9-7-32(4)8-10-34)18-27(42-20-39-6)23(3)26(41-19-38-5)17-33-11-13-40-14-12-33/h15-16,23,26-27H,7-14,17-20H2,1-6H3/t23-,26-,27+/m1/s1. The van der Waals surface area contributed by atoms with Crippen molar-refractivity contribution in [2.45, 2.75) is 39.5 Å². The Balaban J connectivity index is 1.72. The molecular weight excluding hydrogens is 542 g/mol. The Hall–Kier alpha value is -2.45. The monoisotopic (exact) mass is 589 g/mol. The summed E-state index contributed by atoms with van der Waals surface area (Å²) in [6.45, 7) is 12.7. The van der Waals surface area contributed by atoms with Crippen LogP contribution in [0.4, 0.5) is 0 Å². The van der Waals surface area contributed by atoms with Crippen molar-refractivity contribution in [2.75, 3.05) is 93.9 Å². The van der Waals surface area contributed by atoms with E-state index in [1.807, 2.05) is 33.0 Å². The molecular formula is C30H47N5O7. The van der Waals surface area contributed by atoms with Gasteiger partial charge in [-0.25, -0.2) is 4.98 Å². The van der Waals surface area contributed by atoms with E-state index in [4.69, 9.17) is 23.7 Å². The number of likely N-dealkylation sites (N-methyl/N-ethyl adjacent to an activating group) is 1. The normalized spacial score (nSPS) is 19.2. The molecule has 3 atom stereocenters. The SMILES string of the molecule is COCO[C@@H](Cn1c(=O)c(C(=O)N2CCN(C)CC2)nc2cc(C)c(C)cc21)[C@H](C)[C@@H](CN1CCOCC1)OCOC. The minimum absolute atomic E-state index is 0.0482. The highest BCUT2D eigenvalue weighted by Gasteiger charge is 2.32. The van der Waals surface area contributed by atoms with Crippen LogP contribution in [-0.4, -0.2) is 136 Å². The Morgan fingerprint density at radius 2 is 1.52 bits per heavy atom. The van der Waals surface area contributed by atoms with Gasteiger partial charge in [-0.1, -0.05) is 6.92 Å². The highest BCUT2D eigenvalue weighted by Crippen LogP contribution is 2.23. The lowest BCUT2D eigenvalue weighted by Gasteiger charge is -2.36.